The van der Waals surface area contributed by atoms with Gasteiger partial charge in [-0.3, -0.25) is 19.6 Å². The standard InChI is InChI=1S/C56H74F2N10/c1-39(2)65-31-27-63(28-32-65)25-19-59-45-15-21-67(22-16-45)47-9-5-7-41(35-47)55-53(49-37-43(57)11-13-51(49)61-55)54-50-38-44(58)12-14-52(50)62-56(54)42-8-6-10-48(36-42)68-23-17-46(18-24-68)60-20-26-64-29-33-66(34-30-64)40(3)4/h5-14,35-40,45-46,59-62H,15-34H2,1-4H3. The van der Waals surface area contributed by atoms with Gasteiger partial charge in [0, 0.05) is 184 Å². The molecular formula is C56H74F2N10. The molecule has 10 rings (SSSR count). The van der Waals surface area contributed by atoms with Crippen molar-refractivity contribution in [3.05, 3.63) is 96.6 Å². The number of fused-ring (bicyclic) bond motifs is 2. The molecule has 12 heteroatoms. The fourth-order valence-corrected chi connectivity index (χ4v) is 11.5. The molecule has 0 unspecified atom stereocenters. The van der Waals surface area contributed by atoms with Crippen molar-refractivity contribution >= 4 is 33.2 Å². The van der Waals surface area contributed by atoms with Gasteiger partial charge in [0.2, 0.25) is 0 Å². The van der Waals surface area contributed by atoms with Crippen LogP contribution in [-0.2, 0) is 0 Å². The van der Waals surface area contributed by atoms with E-state index >= 15 is 8.78 Å². The molecule has 6 heterocycles. The molecule has 68 heavy (non-hydrogen) atoms. The number of anilines is 2. The van der Waals surface area contributed by atoms with Crippen LogP contribution in [0.15, 0.2) is 84.9 Å². The highest BCUT2D eigenvalue weighted by molar-refractivity contribution is 6.14. The van der Waals surface area contributed by atoms with Crippen molar-refractivity contribution in [1.29, 1.82) is 0 Å². The molecule has 2 aromatic heterocycles. The number of aromatic nitrogens is 2. The van der Waals surface area contributed by atoms with Crippen LogP contribution in [0.4, 0.5) is 20.2 Å². The highest BCUT2D eigenvalue weighted by Crippen LogP contribution is 2.47. The summed E-state index contributed by atoms with van der Waals surface area (Å²) in [6, 6.07) is 29.7. The molecule has 4 fully saturated rings. The molecule has 4 N–H and O–H groups in total. The van der Waals surface area contributed by atoms with Crippen molar-refractivity contribution in [3.8, 4) is 33.6 Å². The second-order valence-corrected chi connectivity index (χ2v) is 20.6. The predicted octanol–water partition coefficient (Wildman–Crippen LogP) is 9.10. The maximum Gasteiger partial charge on any atom is 0.123 e. The molecule has 0 atom stereocenters. The fraction of sp³-hybridized carbons (Fsp3) is 0.500. The first-order chi connectivity index (χ1) is 33.1. The summed E-state index contributed by atoms with van der Waals surface area (Å²) in [5.74, 6) is -0.611. The summed E-state index contributed by atoms with van der Waals surface area (Å²) in [6.07, 6.45) is 4.38. The van der Waals surface area contributed by atoms with Gasteiger partial charge in [-0.1, -0.05) is 24.3 Å². The number of piperazine rings is 2. The molecule has 4 aromatic carbocycles. The quantitative estimate of drug-likeness (QED) is 0.0814. The normalized spacial score (nSPS) is 19.2. The lowest BCUT2D eigenvalue weighted by molar-refractivity contribution is 0.108. The Morgan fingerprint density at radius 2 is 0.897 bits per heavy atom. The van der Waals surface area contributed by atoms with Gasteiger partial charge in [0.15, 0.2) is 0 Å². The summed E-state index contributed by atoms with van der Waals surface area (Å²) in [4.78, 5) is 22.8. The minimum atomic E-state index is -0.305. The van der Waals surface area contributed by atoms with E-state index in [0.717, 1.165) is 186 Å². The average Bonchev–Trinajstić information content (AvgIpc) is 3.92. The first-order valence-corrected chi connectivity index (χ1v) is 25.9. The van der Waals surface area contributed by atoms with Gasteiger partial charge in [0.05, 0.1) is 11.4 Å². The van der Waals surface area contributed by atoms with Gasteiger partial charge in [-0.25, -0.2) is 8.78 Å². The Kier molecular flexibility index (Phi) is 14.5. The number of halogens is 2. The fourth-order valence-electron chi connectivity index (χ4n) is 11.5. The van der Waals surface area contributed by atoms with E-state index in [-0.39, 0.29) is 11.6 Å². The third-order valence-corrected chi connectivity index (χ3v) is 15.8. The molecule has 4 aliphatic rings. The lowest BCUT2D eigenvalue weighted by Gasteiger charge is -2.38. The van der Waals surface area contributed by atoms with Crippen molar-refractivity contribution in [2.75, 3.05) is 115 Å². The summed E-state index contributed by atoms with van der Waals surface area (Å²) in [7, 11) is 0. The number of piperidine rings is 2. The largest absolute Gasteiger partial charge is 0.371 e. The minimum absolute atomic E-state index is 0.305. The minimum Gasteiger partial charge on any atom is -0.371 e. The van der Waals surface area contributed by atoms with Crippen LogP contribution in [-0.4, -0.2) is 158 Å². The van der Waals surface area contributed by atoms with E-state index in [1.807, 2.05) is 12.1 Å². The molecule has 4 saturated heterocycles. The van der Waals surface area contributed by atoms with Gasteiger partial charge in [0.1, 0.15) is 11.6 Å². The van der Waals surface area contributed by atoms with E-state index in [1.54, 1.807) is 12.1 Å². The molecule has 362 valence electrons. The summed E-state index contributed by atoms with van der Waals surface area (Å²) in [5, 5.41) is 9.30. The number of hydrogen-bond acceptors (Lipinski definition) is 8. The van der Waals surface area contributed by atoms with Gasteiger partial charge < -0.3 is 30.4 Å². The summed E-state index contributed by atoms with van der Waals surface area (Å²) in [5.41, 5.74) is 9.60. The predicted molar refractivity (Wildman–Crippen MR) is 279 cm³/mol. The highest BCUT2D eigenvalue weighted by Gasteiger charge is 2.27. The number of aromatic amines is 2. The Morgan fingerprint density at radius 1 is 0.500 bits per heavy atom. The van der Waals surface area contributed by atoms with Gasteiger partial charge in [-0.05, 0) is 114 Å². The van der Waals surface area contributed by atoms with E-state index < -0.39 is 0 Å². The molecule has 0 spiro atoms. The van der Waals surface area contributed by atoms with Crippen LogP contribution in [0.3, 0.4) is 0 Å². The van der Waals surface area contributed by atoms with Crippen LogP contribution >= 0.6 is 0 Å². The van der Waals surface area contributed by atoms with Crippen LogP contribution < -0.4 is 20.4 Å². The van der Waals surface area contributed by atoms with Crippen LogP contribution in [0.2, 0.25) is 0 Å². The summed E-state index contributed by atoms with van der Waals surface area (Å²) >= 11 is 0. The van der Waals surface area contributed by atoms with Gasteiger partial charge in [-0.2, -0.15) is 0 Å². The number of benzene rings is 4. The van der Waals surface area contributed by atoms with Crippen LogP contribution in [0, 0.1) is 11.6 Å². The summed E-state index contributed by atoms with van der Waals surface area (Å²) < 4.78 is 30.8. The second-order valence-electron chi connectivity index (χ2n) is 20.6. The number of rotatable bonds is 15. The highest BCUT2D eigenvalue weighted by atomic mass is 19.1. The Labute approximate surface area is 403 Å². The number of nitrogens with one attached hydrogen (secondary N) is 4. The van der Waals surface area contributed by atoms with Crippen LogP contribution in [0.1, 0.15) is 53.4 Å². The van der Waals surface area contributed by atoms with E-state index in [4.69, 9.17) is 0 Å². The van der Waals surface area contributed by atoms with Crippen molar-refractivity contribution in [2.24, 2.45) is 0 Å². The first kappa shape index (κ1) is 46.9. The Bertz CT molecular complexity index is 2430. The molecule has 10 nitrogen and oxygen atoms in total. The molecular weight excluding hydrogens is 851 g/mol. The zero-order chi connectivity index (χ0) is 46.7. The Balaban J connectivity index is 0.862. The lowest BCUT2D eigenvalue weighted by Crippen LogP contribution is -2.51. The monoisotopic (exact) mass is 925 g/mol. The topological polar surface area (TPSA) is 75.1 Å². The Hall–Kier alpha value is -4.82. The third kappa shape index (κ3) is 10.5. The Morgan fingerprint density at radius 3 is 1.28 bits per heavy atom. The smallest absolute Gasteiger partial charge is 0.123 e. The number of hydrogen-bond donors (Lipinski definition) is 4. The molecule has 0 aliphatic carbocycles. The van der Waals surface area contributed by atoms with Crippen molar-refractivity contribution in [2.45, 2.75) is 77.5 Å². The third-order valence-electron chi connectivity index (χ3n) is 15.8. The first-order valence-electron chi connectivity index (χ1n) is 25.9. The maximum absolute atomic E-state index is 15.4. The molecule has 0 amide bonds. The van der Waals surface area contributed by atoms with E-state index in [9.17, 15) is 0 Å². The van der Waals surface area contributed by atoms with Gasteiger partial charge in [-0.15, -0.1) is 0 Å². The van der Waals surface area contributed by atoms with Crippen molar-refractivity contribution in [1.82, 2.24) is 40.2 Å². The maximum atomic E-state index is 15.4. The zero-order valence-electron chi connectivity index (χ0n) is 41.0. The van der Waals surface area contributed by atoms with E-state index in [2.05, 4.69) is 126 Å². The van der Waals surface area contributed by atoms with Crippen molar-refractivity contribution in [3.63, 3.8) is 0 Å². The molecule has 4 aliphatic heterocycles. The van der Waals surface area contributed by atoms with Crippen LogP contribution in [0.25, 0.3) is 55.4 Å². The molecule has 0 radical (unpaired) electrons. The lowest BCUT2D eigenvalue weighted by atomic mass is 9.93. The van der Waals surface area contributed by atoms with Gasteiger partial charge >= 0.3 is 0 Å². The van der Waals surface area contributed by atoms with Crippen LogP contribution in [0.5, 0.6) is 0 Å². The van der Waals surface area contributed by atoms with E-state index in [1.165, 1.54) is 23.5 Å². The van der Waals surface area contributed by atoms with E-state index in [0.29, 0.717) is 24.2 Å². The zero-order valence-corrected chi connectivity index (χ0v) is 41.0. The summed E-state index contributed by atoms with van der Waals surface area (Å²) in [6.45, 7) is 26.7. The second kappa shape index (κ2) is 21.0. The molecule has 0 saturated carbocycles. The number of nitrogens with zero attached hydrogens (tertiary/aromatic N) is 6. The van der Waals surface area contributed by atoms with Gasteiger partial charge in [0.25, 0.3) is 0 Å². The molecule has 6 aromatic rings. The number of H-pyrrole nitrogens is 2. The average molecular weight is 925 g/mol. The van der Waals surface area contributed by atoms with Crippen molar-refractivity contribution < 1.29 is 8.78 Å². The SMILES string of the molecule is CC(C)N1CCN(CCNC2CCN(c3cccc(-c4[nH]c5ccc(F)cc5c4-c4c(-c5cccc(N6CCC(NCCN7CCN(C(C)C)CC7)CC6)c5)[nH]c5ccc(F)cc45)c3)CC2)CC1. The molecule has 0 bridgehead atoms.